The predicted molar refractivity (Wildman–Crippen MR) is 72.8 cm³/mol. The highest BCUT2D eigenvalue weighted by Gasteiger charge is 2.10. The van der Waals surface area contributed by atoms with Crippen molar-refractivity contribution in [2.24, 2.45) is 0 Å². The lowest BCUT2D eigenvalue weighted by molar-refractivity contribution is 0.112. The average molecular weight is 375 g/mol. The minimum absolute atomic E-state index is 0.276. The third-order valence-corrected chi connectivity index (χ3v) is 3.37. The maximum absolute atomic E-state index is 10.7. The molecule has 0 unspecified atom stereocenters. The van der Waals surface area contributed by atoms with Crippen LogP contribution in [0, 0.1) is 6.92 Å². The summed E-state index contributed by atoms with van der Waals surface area (Å²) in [5.41, 5.74) is 1.37. The lowest BCUT2D eigenvalue weighted by Crippen LogP contribution is -1.96. The SMILES string of the molecule is Cc1cc(COc2c(Br)cc(C=O)cc2Br)on1. The summed E-state index contributed by atoms with van der Waals surface area (Å²) in [5.74, 6) is 1.26. The van der Waals surface area contributed by atoms with Crippen molar-refractivity contribution in [2.75, 3.05) is 0 Å². The number of aryl methyl sites for hydroxylation is 1. The smallest absolute Gasteiger partial charge is 0.174 e. The van der Waals surface area contributed by atoms with Crippen LogP contribution in [0.15, 0.2) is 31.7 Å². The zero-order chi connectivity index (χ0) is 13.1. The largest absolute Gasteiger partial charge is 0.483 e. The third kappa shape index (κ3) is 3.00. The molecule has 4 nitrogen and oxygen atoms in total. The van der Waals surface area contributed by atoms with Crippen LogP contribution in [0.1, 0.15) is 21.8 Å². The Kier molecular flexibility index (Phi) is 4.19. The van der Waals surface area contributed by atoms with Crippen LogP contribution in [0.25, 0.3) is 0 Å². The van der Waals surface area contributed by atoms with E-state index in [9.17, 15) is 4.79 Å². The van der Waals surface area contributed by atoms with E-state index in [4.69, 9.17) is 9.26 Å². The molecule has 0 saturated heterocycles. The molecule has 2 aromatic rings. The van der Waals surface area contributed by atoms with E-state index in [1.165, 1.54) is 0 Å². The molecule has 0 fully saturated rings. The van der Waals surface area contributed by atoms with E-state index in [2.05, 4.69) is 37.0 Å². The van der Waals surface area contributed by atoms with E-state index in [-0.39, 0.29) is 6.61 Å². The Hall–Kier alpha value is -1.14. The number of aromatic nitrogens is 1. The van der Waals surface area contributed by atoms with Gasteiger partial charge < -0.3 is 9.26 Å². The van der Waals surface area contributed by atoms with Crippen LogP contribution in [0.4, 0.5) is 0 Å². The summed E-state index contributed by atoms with van der Waals surface area (Å²) in [6.07, 6.45) is 0.777. The second-order valence-electron chi connectivity index (χ2n) is 3.65. The quantitative estimate of drug-likeness (QED) is 0.761. The summed E-state index contributed by atoms with van der Waals surface area (Å²) in [6, 6.07) is 5.19. The Morgan fingerprint density at radius 1 is 1.33 bits per heavy atom. The highest BCUT2D eigenvalue weighted by Crippen LogP contribution is 2.34. The van der Waals surface area contributed by atoms with E-state index >= 15 is 0 Å². The van der Waals surface area contributed by atoms with Gasteiger partial charge in [0.2, 0.25) is 0 Å². The van der Waals surface area contributed by atoms with Gasteiger partial charge in [-0.1, -0.05) is 5.16 Å². The van der Waals surface area contributed by atoms with E-state index in [0.29, 0.717) is 26.0 Å². The molecule has 18 heavy (non-hydrogen) atoms. The van der Waals surface area contributed by atoms with Crippen LogP contribution in [0.5, 0.6) is 5.75 Å². The molecular formula is C12H9Br2NO3. The third-order valence-electron chi connectivity index (χ3n) is 2.19. The molecule has 0 saturated carbocycles. The molecular weight excluding hydrogens is 366 g/mol. The minimum atomic E-state index is 0.276. The highest BCUT2D eigenvalue weighted by molar-refractivity contribution is 9.11. The molecule has 0 aliphatic heterocycles. The first kappa shape index (κ1) is 13.3. The molecule has 0 N–H and O–H groups in total. The zero-order valence-corrected chi connectivity index (χ0v) is 12.6. The second kappa shape index (κ2) is 5.67. The van der Waals surface area contributed by atoms with Crippen LogP contribution < -0.4 is 4.74 Å². The Labute approximate surface area is 121 Å². The van der Waals surface area contributed by atoms with Gasteiger partial charge in [-0.15, -0.1) is 0 Å². The fourth-order valence-electron chi connectivity index (χ4n) is 1.41. The number of benzene rings is 1. The Bertz CT molecular complexity index is 557. The van der Waals surface area contributed by atoms with Crippen molar-refractivity contribution in [2.45, 2.75) is 13.5 Å². The maximum atomic E-state index is 10.7. The number of carbonyl (C=O) groups is 1. The Morgan fingerprint density at radius 2 is 2.00 bits per heavy atom. The number of carbonyl (C=O) groups excluding carboxylic acids is 1. The molecule has 1 heterocycles. The van der Waals surface area contributed by atoms with E-state index in [1.807, 2.05) is 13.0 Å². The number of nitrogens with zero attached hydrogens (tertiary/aromatic N) is 1. The van der Waals surface area contributed by atoms with Gasteiger partial charge in [0.25, 0.3) is 0 Å². The van der Waals surface area contributed by atoms with Crippen molar-refractivity contribution in [3.63, 3.8) is 0 Å². The highest BCUT2D eigenvalue weighted by atomic mass is 79.9. The Balaban J connectivity index is 2.16. The first-order valence-electron chi connectivity index (χ1n) is 5.09. The molecule has 0 atom stereocenters. The number of rotatable bonds is 4. The standard InChI is InChI=1S/C12H9Br2NO3/c1-7-2-9(18-15-7)6-17-12-10(13)3-8(5-16)4-11(12)14/h2-5H,6H2,1H3. The van der Waals surface area contributed by atoms with Crippen LogP contribution in [0.3, 0.4) is 0 Å². The van der Waals surface area contributed by atoms with Crippen molar-refractivity contribution in [3.8, 4) is 5.75 Å². The van der Waals surface area contributed by atoms with Gasteiger partial charge in [-0.2, -0.15) is 0 Å². The fourth-order valence-corrected chi connectivity index (χ4v) is 2.86. The number of hydrogen-bond acceptors (Lipinski definition) is 4. The van der Waals surface area contributed by atoms with Crippen LogP contribution in [-0.2, 0) is 6.61 Å². The molecule has 0 aliphatic carbocycles. The first-order valence-corrected chi connectivity index (χ1v) is 6.68. The van der Waals surface area contributed by atoms with Gasteiger partial charge >= 0.3 is 0 Å². The monoisotopic (exact) mass is 373 g/mol. The first-order chi connectivity index (χ1) is 8.60. The van der Waals surface area contributed by atoms with Crippen molar-refractivity contribution >= 4 is 38.1 Å². The molecule has 0 radical (unpaired) electrons. The van der Waals surface area contributed by atoms with Gasteiger partial charge in [0.1, 0.15) is 18.6 Å². The molecule has 1 aromatic carbocycles. The second-order valence-corrected chi connectivity index (χ2v) is 5.36. The van der Waals surface area contributed by atoms with Gasteiger partial charge in [-0.25, -0.2) is 0 Å². The summed E-state index contributed by atoms with van der Waals surface area (Å²) >= 11 is 6.71. The minimum Gasteiger partial charge on any atom is -0.483 e. The number of halogens is 2. The lowest BCUT2D eigenvalue weighted by atomic mass is 10.2. The molecule has 2 rings (SSSR count). The summed E-state index contributed by atoms with van der Waals surface area (Å²) in [5, 5.41) is 3.78. The zero-order valence-electron chi connectivity index (χ0n) is 9.44. The van der Waals surface area contributed by atoms with Crippen molar-refractivity contribution in [1.29, 1.82) is 0 Å². The van der Waals surface area contributed by atoms with E-state index in [0.717, 1.165) is 12.0 Å². The normalized spacial score (nSPS) is 10.4. The molecule has 6 heteroatoms. The van der Waals surface area contributed by atoms with E-state index < -0.39 is 0 Å². The summed E-state index contributed by atoms with van der Waals surface area (Å²) < 4.78 is 12.1. The van der Waals surface area contributed by atoms with Crippen molar-refractivity contribution < 1.29 is 14.1 Å². The van der Waals surface area contributed by atoms with Crippen molar-refractivity contribution in [1.82, 2.24) is 5.16 Å². The average Bonchev–Trinajstić information content (AvgIpc) is 2.73. The van der Waals surface area contributed by atoms with Crippen LogP contribution in [-0.4, -0.2) is 11.4 Å². The molecule has 94 valence electrons. The molecule has 0 aliphatic rings. The summed E-state index contributed by atoms with van der Waals surface area (Å²) in [4.78, 5) is 10.7. The molecule has 1 aromatic heterocycles. The predicted octanol–water partition coefficient (Wildman–Crippen LogP) is 3.90. The number of ether oxygens (including phenoxy) is 1. The number of aldehydes is 1. The van der Waals surface area contributed by atoms with E-state index in [1.54, 1.807) is 12.1 Å². The van der Waals surface area contributed by atoms with Gasteiger partial charge in [0.15, 0.2) is 5.76 Å². The van der Waals surface area contributed by atoms with Gasteiger partial charge in [-0.3, -0.25) is 4.79 Å². The van der Waals surface area contributed by atoms with Gasteiger partial charge in [-0.05, 0) is 50.9 Å². The number of hydrogen-bond donors (Lipinski definition) is 0. The lowest BCUT2D eigenvalue weighted by Gasteiger charge is -2.09. The molecule has 0 bridgehead atoms. The molecule has 0 spiro atoms. The van der Waals surface area contributed by atoms with Gasteiger partial charge in [0, 0.05) is 11.6 Å². The summed E-state index contributed by atoms with van der Waals surface area (Å²) in [7, 11) is 0. The molecule has 0 amide bonds. The fraction of sp³-hybridized carbons (Fsp3) is 0.167. The van der Waals surface area contributed by atoms with Crippen LogP contribution >= 0.6 is 31.9 Å². The van der Waals surface area contributed by atoms with Crippen molar-refractivity contribution in [3.05, 3.63) is 44.2 Å². The summed E-state index contributed by atoms with van der Waals surface area (Å²) in [6.45, 7) is 2.12. The van der Waals surface area contributed by atoms with Crippen LogP contribution in [0.2, 0.25) is 0 Å². The Morgan fingerprint density at radius 3 is 2.50 bits per heavy atom. The maximum Gasteiger partial charge on any atom is 0.174 e. The van der Waals surface area contributed by atoms with Gasteiger partial charge in [0.05, 0.1) is 14.6 Å². The topological polar surface area (TPSA) is 52.3 Å².